The van der Waals surface area contributed by atoms with E-state index >= 15 is 0 Å². The lowest BCUT2D eigenvalue weighted by atomic mass is 9.99. The first-order chi connectivity index (χ1) is 14.4. The number of carboxylic acid groups (broad SMARTS) is 1. The molecular formula is C22H22F4N2O3. The summed E-state index contributed by atoms with van der Waals surface area (Å²) in [5, 5.41) is 14.0. The van der Waals surface area contributed by atoms with Crippen molar-refractivity contribution in [2.24, 2.45) is 0 Å². The molecule has 3 N–H and O–H groups in total. The van der Waals surface area contributed by atoms with Gasteiger partial charge in [-0.05, 0) is 51.5 Å². The van der Waals surface area contributed by atoms with Gasteiger partial charge in [0.15, 0.2) is 23.3 Å². The van der Waals surface area contributed by atoms with Crippen LogP contribution in [0.15, 0.2) is 29.8 Å². The molecule has 166 valence electrons. The minimum atomic E-state index is -1.67. The van der Waals surface area contributed by atoms with E-state index in [1.807, 2.05) is 13.8 Å². The molecule has 2 aromatic carbocycles. The molecule has 1 amide bonds. The number of carbonyl (C=O) groups is 2. The topological polar surface area (TPSA) is 78.4 Å². The van der Waals surface area contributed by atoms with Gasteiger partial charge in [-0.1, -0.05) is 12.1 Å². The molecule has 2 aromatic rings. The van der Waals surface area contributed by atoms with Gasteiger partial charge in [0.1, 0.15) is 6.04 Å². The SMILES string of the molecule is C/C(=C\c1c(F)c(F)c(-c2ccc(NC(C)C)cc2)c(F)c1F)C(=O)NC(C)C(=O)O. The molecule has 0 fully saturated rings. The van der Waals surface area contributed by atoms with Gasteiger partial charge in [0, 0.05) is 17.3 Å². The Kier molecular flexibility index (Phi) is 7.43. The fraction of sp³-hybridized carbons (Fsp3) is 0.273. The van der Waals surface area contributed by atoms with Crippen LogP contribution >= 0.6 is 0 Å². The molecule has 0 aromatic heterocycles. The number of carboxylic acids is 1. The van der Waals surface area contributed by atoms with Gasteiger partial charge in [-0.3, -0.25) is 9.59 Å². The first kappa shape index (κ1) is 23.9. The predicted octanol–water partition coefficient (Wildman–Crippen LogP) is 4.72. The summed E-state index contributed by atoms with van der Waals surface area (Å²) in [5.41, 5.74) is -1.68. The molecule has 1 atom stereocenters. The Labute approximate surface area is 176 Å². The molecule has 0 heterocycles. The molecule has 0 radical (unpaired) electrons. The van der Waals surface area contributed by atoms with Gasteiger partial charge in [-0.25, -0.2) is 17.6 Å². The highest BCUT2D eigenvalue weighted by molar-refractivity contribution is 5.99. The number of aliphatic carboxylic acids is 1. The number of nitrogens with one attached hydrogen (secondary N) is 2. The number of rotatable bonds is 7. The maximum atomic E-state index is 14.7. The number of benzene rings is 2. The molecule has 1 unspecified atom stereocenters. The predicted molar refractivity (Wildman–Crippen MR) is 109 cm³/mol. The molecule has 5 nitrogen and oxygen atoms in total. The highest BCUT2D eigenvalue weighted by Gasteiger charge is 2.26. The smallest absolute Gasteiger partial charge is 0.325 e. The van der Waals surface area contributed by atoms with Crippen LogP contribution in [0.2, 0.25) is 0 Å². The van der Waals surface area contributed by atoms with E-state index in [0.717, 1.165) is 6.92 Å². The molecule has 0 aliphatic carbocycles. The first-order valence-corrected chi connectivity index (χ1v) is 9.38. The van der Waals surface area contributed by atoms with Crippen molar-refractivity contribution in [2.45, 2.75) is 39.8 Å². The summed E-state index contributed by atoms with van der Waals surface area (Å²) >= 11 is 0. The highest BCUT2D eigenvalue weighted by Crippen LogP contribution is 2.33. The second-order valence-electron chi connectivity index (χ2n) is 7.28. The summed E-state index contributed by atoms with van der Waals surface area (Å²) in [7, 11) is 0. The summed E-state index contributed by atoms with van der Waals surface area (Å²) in [6.45, 7) is 6.11. The Bertz CT molecular complexity index is 1010. The zero-order chi connectivity index (χ0) is 23.5. The molecular weight excluding hydrogens is 416 g/mol. The van der Waals surface area contributed by atoms with E-state index < -0.39 is 52.3 Å². The van der Waals surface area contributed by atoms with Crippen LogP contribution in [-0.2, 0) is 9.59 Å². The van der Waals surface area contributed by atoms with E-state index in [4.69, 9.17) is 5.11 Å². The van der Waals surface area contributed by atoms with E-state index in [-0.39, 0.29) is 17.2 Å². The quantitative estimate of drug-likeness (QED) is 0.332. The lowest BCUT2D eigenvalue weighted by Gasteiger charge is -2.13. The van der Waals surface area contributed by atoms with Gasteiger partial charge in [0.2, 0.25) is 5.91 Å². The standard InChI is InChI=1S/C22H22F4N2O3/c1-10(2)27-14-7-5-13(6-8-14)16-19(25)17(23)15(18(24)20(16)26)9-11(3)21(29)28-12(4)22(30)31/h5-10,12,27H,1-4H3,(H,28,29)(H,30,31)/b11-9+. The van der Waals surface area contributed by atoms with Crippen LogP contribution in [0.5, 0.6) is 0 Å². The Balaban J connectivity index is 2.46. The Morgan fingerprint density at radius 1 is 0.935 bits per heavy atom. The maximum absolute atomic E-state index is 14.7. The van der Waals surface area contributed by atoms with E-state index in [9.17, 15) is 27.2 Å². The third kappa shape index (κ3) is 5.42. The molecule has 0 saturated carbocycles. The minimum Gasteiger partial charge on any atom is -0.480 e. The Morgan fingerprint density at radius 2 is 1.45 bits per heavy atom. The lowest BCUT2D eigenvalue weighted by molar-refractivity contribution is -0.140. The third-order valence-electron chi connectivity index (χ3n) is 4.36. The first-order valence-electron chi connectivity index (χ1n) is 9.38. The number of amides is 1. The van der Waals surface area contributed by atoms with Crippen molar-refractivity contribution in [3.8, 4) is 11.1 Å². The van der Waals surface area contributed by atoms with E-state index in [0.29, 0.717) is 11.8 Å². The van der Waals surface area contributed by atoms with E-state index in [1.165, 1.54) is 31.2 Å². The molecule has 9 heteroatoms. The number of anilines is 1. The van der Waals surface area contributed by atoms with Crippen molar-refractivity contribution in [1.29, 1.82) is 0 Å². The van der Waals surface area contributed by atoms with Crippen molar-refractivity contribution in [3.05, 3.63) is 58.7 Å². The summed E-state index contributed by atoms with van der Waals surface area (Å²) in [6.07, 6.45) is 0.625. The largest absolute Gasteiger partial charge is 0.480 e. The lowest BCUT2D eigenvalue weighted by Crippen LogP contribution is -2.38. The summed E-state index contributed by atoms with van der Waals surface area (Å²) in [5.74, 6) is -8.83. The van der Waals surface area contributed by atoms with Gasteiger partial charge >= 0.3 is 5.97 Å². The summed E-state index contributed by atoms with van der Waals surface area (Å²) in [4.78, 5) is 22.8. The zero-order valence-corrected chi connectivity index (χ0v) is 17.3. The molecule has 0 aliphatic heterocycles. The van der Waals surface area contributed by atoms with Crippen molar-refractivity contribution >= 4 is 23.6 Å². The fourth-order valence-corrected chi connectivity index (χ4v) is 2.75. The maximum Gasteiger partial charge on any atom is 0.325 e. The highest BCUT2D eigenvalue weighted by atomic mass is 19.2. The van der Waals surface area contributed by atoms with Crippen LogP contribution in [0.3, 0.4) is 0 Å². The van der Waals surface area contributed by atoms with Crippen molar-refractivity contribution in [3.63, 3.8) is 0 Å². The number of hydrogen-bond donors (Lipinski definition) is 3. The molecule has 0 bridgehead atoms. The Hall–Kier alpha value is -3.36. The molecule has 2 rings (SSSR count). The molecule has 0 saturated heterocycles. The van der Waals surface area contributed by atoms with Gasteiger partial charge in [0.05, 0.1) is 11.1 Å². The normalized spacial score (nSPS) is 12.6. The van der Waals surface area contributed by atoms with Crippen LogP contribution in [0, 0.1) is 23.3 Å². The van der Waals surface area contributed by atoms with Gasteiger partial charge in [0.25, 0.3) is 0 Å². The summed E-state index contributed by atoms with van der Waals surface area (Å²) in [6, 6.07) is 4.54. The molecule has 0 aliphatic rings. The average molecular weight is 438 g/mol. The number of halogens is 4. The Morgan fingerprint density at radius 3 is 1.90 bits per heavy atom. The van der Waals surface area contributed by atoms with Crippen LogP contribution < -0.4 is 10.6 Å². The second kappa shape index (κ2) is 9.63. The number of hydrogen-bond acceptors (Lipinski definition) is 3. The van der Waals surface area contributed by atoms with Gasteiger partial charge in [-0.15, -0.1) is 0 Å². The van der Waals surface area contributed by atoms with Crippen LogP contribution in [0.25, 0.3) is 17.2 Å². The van der Waals surface area contributed by atoms with Crippen molar-refractivity contribution < 1.29 is 32.3 Å². The molecule has 31 heavy (non-hydrogen) atoms. The monoisotopic (exact) mass is 438 g/mol. The fourth-order valence-electron chi connectivity index (χ4n) is 2.75. The zero-order valence-electron chi connectivity index (χ0n) is 17.3. The average Bonchev–Trinajstić information content (AvgIpc) is 2.70. The minimum absolute atomic E-state index is 0.0672. The van der Waals surface area contributed by atoms with Crippen LogP contribution in [0.1, 0.15) is 33.3 Å². The third-order valence-corrected chi connectivity index (χ3v) is 4.36. The van der Waals surface area contributed by atoms with Gasteiger partial charge in [-0.2, -0.15) is 0 Å². The summed E-state index contributed by atoms with van der Waals surface area (Å²) < 4.78 is 58.5. The molecule has 0 spiro atoms. The van der Waals surface area contributed by atoms with E-state index in [2.05, 4.69) is 10.6 Å². The van der Waals surface area contributed by atoms with E-state index in [1.54, 1.807) is 0 Å². The number of carbonyl (C=O) groups excluding carboxylic acids is 1. The van der Waals surface area contributed by atoms with Crippen molar-refractivity contribution in [2.75, 3.05) is 5.32 Å². The van der Waals surface area contributed by atoms with Crippen LogP contribution in [0.4, 0.5) is 23.2 Å². The van der Waals surface area contributed by atoms with Gasteiger partial charge < -0.3 is 15.7 Å². The second-order valence-corrected chi connectivity index (χ2v) is 7.28. The van der Waals surface area contributed by atoms with Crippen molar-refractivity contribution in [1.82, 2.24) is 5.32 Å². The van der Waals surface area contributed by atoms with Crippen LogP contribution in [-0.4, -0.2) is 29.1 Å².